The van der Waals surface area contributed by atoms with Crippen molar-refractivity contribution in [3.8, 4) is 11.5 Å². The lowest BCUT2D eigenvalue weighted by Gasteiger charge is -2.56. The van der Waals surface area contributed by atoms with Crippen LogP contribution in [0.15, 0.2) is 60.7 Å². The topological polar surface area (TPSA) is 62.8 Å². The number of para-hydroxylation sites is 1. The second-order valence-electron chi connectivity index (χ2n) is 9.65. The Kier molecular flexibility index (Phi) is 6.12. The number of hydrogen-bond acceptors (Lipinski definition) is 4. The van der Waals surface area contributed by atoms with Gasteiger partial charge in [0.05, 0.1) is 12.6 Å². The first kappa shape index (κ1) is 24.1. The molecule has 2 aliphatic heterocycles. The largest absolute Gasteiger partial charge is 0.490 e. The molecular weight excluding hydrogens is 470 g/mol. The molecule has 3 aromatic carbocycles. The number of nitrogens with one attached hydrogen (secondary N) is 2. The second kappa shape index (κ2) is 9.13. The van der Waals surface area contributed by atoms with Crippen molar-refractivity contribution in [1.82, 2.24) is 5.32 Å². The molecule has 6 nitrogen and oxygen atoms in total. The van der Waals surface area contributed by atoms with Crippen molar-refractivity contribution in [3.05, 3.63) is 82.9 Å². The number of carbonyl (C=O) groups is 1. The smallest absolute Gasteiger partial charge is 0.236 e. The summed E-state index contributed by atoms with van der Waals surface area (Å²) in [6.07, 6.45) is 0. The first-order valence-electron chi connectivity index (χ1n) is 12.2. The van der Waals surface area contributed by atoms with Crippen molar-refractivity contribution >= 4 is 34.6 Å². The van der Waals surface area contributed by atoms with Crippen LogP contribution in [0.25, 0.3) is 0 Å². The Morgan fingerprint density at radius 2 is 1.86 bits per heavy atom. The van der Waals surface area contributed by atoms with E-state index in [1.54, 1.807) is 0 Å². The molecule has 36 heavy (non-hydrogen) atoms. The highest BCUT2D eigenvalue weighted by atomic mass is 32.1. The Balaban J connectivity index is 1.65. The number of amides is 1. The van der Waals surface area contributed by atoms with E-state index in [9.17, 15) is 4.79 Å². The highest BCUT2D eigenvalue weighted by molar-refractivity contribution is 7.80. The van der Waals surface area contributed by atoms with Crippen LogP contribution in [0, 0.1) is 26.7 Å². The minimum Gasteiger partial charge on any atom is -0.490 e. The van der Waals surface area contributed by atoms with Gasteiger partial charge < -0.3 is 20.1 Å². The van der Waals surface area contributed by atoms with Gasteiger partial charge in [-0.1, -0.05) is 42.0 Å². The molecule has 3 aromatic rings. The third kappa shape index (κ3) is 3.97. The molecule has 5 rings (SSSR count). The van der Waals surface area contributed by atoms with Crippen LogP contribution in [0.3, 0.4) is 0 Å². The maximum Gasteiger partial charge on any atom is 0.236 e. The van der Waals surface area contributed by atoms with Gasteiger partial charge in [0, 0.05) is 16.9 Å². The number of rotatable bonds is 5. The molecule has 2 heterocycles. The maximum atomic E-state index is 14.1. The molecule has 186 valence electrons. The van der Waals surface area contributed by atoms with Gasteiger partial charge in [-0.3, -0.25) is 9.69 Å². The van der Waals surface area contributed by atoms with Gasteiger partial charge in [-0.25, -0.2) is 0 Å². The predicted octanol–water partition coefficient (Wildman–Crippen LogP) is 5.81. The van der Waals surface area contributed by atoms with Gasteiger partial charge in [0.25, 0.3) is 0 Å². The average molecular weight is 502 g/mol. The molecule has 2 bridgehead atoms. The fourth-order valence-corrected chi connectivity index (χ4v) is 5.77. The number of carbonyl (C=O) groups excluding carboxylic acids is 1. The van der Waals surface area contributed by atoms with Crippen LogP contribution in [-0.4, -0.2) is 23.4 Å². The monoisotopic (exact) mass is 501 g/mol. The Hall–Kier alpha value is -3.58. The molecule has 3 atom stereocenters. The number of fused-ring (bicyclic) bond motifs is 4. The van der Waals surface area contributed by atoms with Crippen LogP contribution in [0.1, 0.15) is 42.1 Å². The second-order valence-corrected chi connectivity index (χ2v) is 10.0. The van der Waals surface area contributed by atoms with Crippen molar-refractivity contribution < 1.29 is 14.3 Å². The van der Waals surface area contributed by atoms with Crippen LogP contribution in [-0.2, 0) is 4.79 Å². The van der Waals surface area contributed by atoms with E-state index >= 15 is 0 Å². The van der Waals surface area contributed by atoms with Crippen molar-refractivity contribution in [1.29, 1.82) is 0 Å². The number of thiocarbonyl (C=S) groups is 1. The molecule has 0 spiro atoms. The Labute approximate surface area is 217 Å². The summed E-state index contributed by atoms with van der Waals surface area (Å²) < 4.78 is 12.7. The SMILES string of the molecule is CCOc1cccc2c1O[C@]1(C)[C@@H](C(=O)Nc3ccc(C)cc3C)[C@@H]2NC(=S)N1c1cccc(C)c1. The predicted molar refractivity (Wildman–Crippen MR) is 147 cm³/mol. The molecule has 0 saturated carbocycles. The lowest BCUT2D eigenvalue weighted by atomic mass is 9.78. The summed E-state index contributed by atoms with van der Waals surface area (Å²) in [6.45, 7) is 10.5. The molecule has 1 amide bonds. The first-order chi connectivity index (χ1) is 17.2. The first-order valence-corrected chi connectivity index (χ1v) is 12.6. The van der Waals surface area contributed by atoms with Gasteiger partial charge in [0.2, 0.25) is 5.91 Å². The fourth-order valence-electron chi connectivity index (χ4n) is 5.36. The van der Waals surface area contributed by atoms with E-state index in [1.165, 1.54) is 0 Å². The van der Waals surface area contributed by atoms with E-state index in [1.807, 2.05) is 94.1 Å². The zero-order valence-corrected chi connectivity index (χ0v) is 22.0. The molecule has 0 aliphatic carbocycles. The third-order valence-corrected chi connectivity index (χ3v) is 7.27. The summed E-state index contributed by atoms with van der Waals surface area (Å²) in [5, 5.41) is 7.15. The van der Waals surface area contributed by atoms with Crippen molar-refractivity contribution in [2.24, 2.45) is 5.92 Å². The minimum atomic E-state index is -1.11. The van der Waals surface area contributed by atoms with Gasteiger partial charge in [-0.05, 0) is 82.2 Å². The molecule has 2 aliphatic rings. The number of aryl methyl sites for hydroxylation is 3. The van der Waals surface area contributed by atoms with E-state index < -0.39 is 17.7 Å². The van der Waals surface area contributed by atoms with E-state index in [-0.39, 0.29) is 5.91 Å². The molecule has 1 saturated heterocycles. The number of ether oxygens (including phenoxy) is 2. The molecular formula is C29H31N3O3S. The normalized spacial score (nSPS) is 22.2. The summed E-state index contributed by atoms with van der Waals surface area (Å²) in [4.78, 5) is 16.0. The summed E-state index contributed by atoms with van der Waals surface area (Å²) in [5.74, 6) is 0.526. The molecule has 0 aromatic heterocycles. The standard InChI is InChI=1S/C29H31N3O3S/c1-6-34-23-12-8-11-21-25-24(27(33)30-22-14-13-18(3)15-19(22)4)29(5,35-26(21)23)32(28(36)31-25)20-10-7-9-17(2)16-20/h7-16,24-25H,6H2,1-5H3,(H,30,33)(H,31,36)/t24-,25-,29-/m1/s1. The molecule has 7 heteroatoms. The van der Waals surface area contributed by atoms with Crippen LogP contribution < -0.4 is 25.0 Å². The average Bonchev–Trinajstić information content (AvgIpc) is 2.81. The van der Waals surface area contributed by atoms with Gasteiger partial charge in [-0.15, -0.1) is 0 Å². The number of anilines is 2. The van der Waals surface area contributed by atoms with Crippen LogP contribution in [0.2, 0.25) is 0 Å². The van der Waals surface area contributed by atoms with Gasteiger partial charge in [-0.2, -0.15) is 0 Å². The third-order valence-electron chi connectivity index (χ3n) is 6.97. The molecule has 0 unspecified atom stereocenters. The van der Waals surface area contributed by atoms with E-state index in [4.69, 9.17) is 21.7 Å². The van der Waals surface area contributed by atoms with Gasteiger partial charge in [0.15, 0.2) is 22.3 Å². The summed E-state index contributed by atoms with van der Waals surface area (Å²) in [6, 6.07) is 19.5. The molecule has 1 fully saturated rings. The summed E-state index contributed by atoms with van der Waals surface area (Å²) >= 11 is 5.87. The highest BCUT2D eigenvalue weighted by Gasteiger charge is 2.59. The van der Waals surface area contributed by atoms with Crippen molar-refractivity contribution in [2.45, 2.75) is 46.4 Å². The number of hydrogen-bond donors (Lipinski definition) is 2. The molecule has 2 N–H and O–H groups in total. The Bertz CT molecular complexity index is 1360. The van der Waals surface area contributed by atoms with Crippen LogP contribution >= 0.6 is 12.2 Å². The van der Waals surface area contributed by atoms with Crippen molar-refractivity contribution in [2.75, 3.05) is 16.8 Å². The van der Waals surface area contributed by atoms with E-state index in [0.29, 0.717) is 23.2 Å². The van der Waals surface area contributed by atoms with Gasteiger partial charge in [0.1, 0.15) is 5.92 Å². The number of benzene rings is 3. The zero-order chi connectivity index (χ0) is 25.6. The Morgan fingerprint density at radius 1 is 1.11 bits per heavy atom. The van der Waals surface area contributed by atoms with Crippen molar-refractivity contribution in [3.63, 3.8) is 0 Å². The van der Waals surface area contributed by atoms with Crippen LogP contribution in [0.4, 0.5) is 11.4 Å². The quantitative estimate of drug-likeness (QED) is 0.430. The zero-order valence-electron chi connectivity index (χ0n) is 21.2. The maximum absolute atomic E-state index is 14.1. The van der Waals surface area contributed by atoms with E-state index in [0.717, 1.165) is 33.6 Å². The summed E-state index contributed by atoms with van der Waals surface area (Å²) in [5.41, 5.74) is 4.62. The fraction of sp³-hybridized carbons (Fsp3) is 0.310. The van der Waals surface area contributed by atoms with Gasteiger partial charge >= 0.3 is 0 Å². The molecule has 0 radical (unpaired) electrons. The minimum absolute atomic E-state index is 0.144. The Morgan fingerprint density at radius 3 is 2.58 bits per heavy atom. The van der Waals surface area contributed by atoms with Crippen LogP contribution in [0.5, 0.6) is 11.5 Å². The highest BCUT2D eigenvalue weighted by Crippen LogP contribution is 2.52. The lowest BCUT2D eigenvalue weighted by molar-refractivity contribution is -0.130. The van der Waals surface area contributed by atoms with E-state index in [2.05, 4.69) is 16.7 Å². The number of nitrogens with zero attached hydrogens (tertiary/aromatic N) is 1. The summed E-state index contributed by atoms with van der Waals surface area (Å²) in [7, 11) is 0. The lowest BCUT2D eigenvalue weighted by Crippen LogP contribution is -2.72.